The van der Waals surface area contributed by atoms with E-state index in [0.717, 1.165) is 5.69 Å². The summed E-state index contributed by atoms with van der Waals surface area (Å²) in [6.07, 6.45) is -3.89. The molecule has 1 aromatic rings. The molecule has 0 aliphatic carbocycles. The third-order valence-corrected chi connectivity index (χ3v) is 4.08. The third-order valence-electron chi connectivity index (χ3n) is 4.08. The van der Waals surface area contributed by atoms with Crippen LogP contribution in [0.25, 0.3) is 0 Å². The van der Waals surface area contributed by atoms with Crippen molar-refractivity contribution >= 4 is 12.0 Å². The van der Waals surface area contributed by atoms with Crippen molar-refractivity contribution in [2.24, 2.45) is 0 Å². The quantitative estimate of drug-likeness (QED) is 0.863. The number of rotatable bonds is 3. The van der Waals surface area contributed by atoms with Gasteiger partial charge in [0.2, 0.25) is 0 Å². The van der Waals surface area contributed by atoms with Crippen molar-refractivity contribution < 1.29 is 27.5 Å². The molecule has 1 N–H and O–H groups in total. The first-order valence-corrected chi connectivity index (χ1v) is 8.74. The highest BCUT2D eigenvalue weighted by molar-refractivity contribution is 5.81. The number of nitrogens with one attached hydrogen (secondary N) is 1. The number of ether oxygens (including phenoxy) is 1. The Morgan fingerprint density at radius 3 is 2.41 bits per heavy atom. The first kappa shape index (κ1) is 21.0. The predicted octanol–water partition coefficient (Wildman–Crippen LogP) is 3.37. The van der Waals surface area contributed by atoms with E-state index in [0.29, 0.717) is 31.6 Å². The van der Waals surface area contributed by atoms with Gasteiger partial charge in [-0.05, 0) is 45.7 Å². The Balaban J connectivity index is 1.91. The van der Waals surface area contributed by atoms with Crippen LogP contribution in [0.4, 0.5) is 18.0 Å². The van der Waals surface area contributed by atoms with Crippen LogP contribution in [-0.4, -0.2) is 46.8 Å². The third kappa shape index (κ3) is 6.41. The molecule has 1 saturated heterocycles. The molecule has 0 saturated carbocycles. The molecule has 9 heteroatoms. The van der Waals surface area contributed by atoms with Crippen molar-refractivity contribution in [2.45, 2.75) is 57.9 Å². The van der Waals surface area contributed by atoms with Gasteiger partial charge in [-0.15, -0.1) is 0 Å². The fraction of sp³-hybridized carbons (Fsp3) is 0.611. The van der Waals surface area contributed by atoms with Crippen molar-refractivity contribution in [3.63, 3.8) is 0 Å². The van der Waals surface area contributed by atoms with Crippen molar-refractivity contribution in [1.29, 1.82) is 0 Å². The molecule has 0 aromatic carbocycles. The molecule has 1 aliphatic heterocycles. The number of hydrogen-bond acceptors (Lipinski definition) is 4. The molecule has 2 amide bonds. The molecule has 0 radical (unpaired) electrons. The van der Waals surface area contributed by atoms with Gasteiger partial charge in [-0.3, -0.25) is 9.78 Å². The number of carbonyl (C=O) groups excluding carboxylic acids is 2. The summed E-state index contributed by atoms with van der Waals surface area (Å²) >= 11 is 0. The van der Waals surface area contributed by atoms with Gasteiger partial charge in [0.25, 0.3) is 0 Å². The van der Waals surface area contributed by atoms with Gasteiger partial charge in [0.15, 0.2) is 0 Å². The Hall–Kier alpha value is -2.32. The standard InChI is InChI=1S/C18H24F3N3O3/c1-17(2,3)27-16(26)24-9-7-12(8-10-24)14-6-4-5-13(23-14)11-22-15(25)18(19,20)21/h4-6,12H,7-11H2,1-3H3,(H,22,25). The van der Waals surface area contributed by atoms with Crippen molar-refractivity contribution in [1.82, 2.24) is 15.2 Å². The molecular weight excluding hydrogens is 363 g/mol. The van der Waals surface area contributed by atoms with Crippen LogP contribution in [0.15, 0.2) is 18.2 Å². The monoisotopic (exact) mass is 387 g/mol. The summed E-state index contributed by atoms with van der Waals surface area (Å²) in [6.45, 7) is 6.19. The Labute approximate surface area is 156 Å². The zero-order valence-corrected chi connectivity index (χ0v) is 15.6. The summed E-state index contributed by atoms with van der Waals surface area (Å²) < 4.78 is 42.1. The molecule has 1 aliphatic rings. The van der Waals surface area contributed by atoms with E-state index >= 15 is 0 Å². The second kappa shape index (κ2) is 8.14. The van der Waals surface area contributed by atoms with Crippen molar-refractivity contribution in [3.05, 3.63) is 29.6 Å². The fourth-order valence-corrected chi connectivity index (χ4v) is 2.78. The van der Waals surface area contributed by atoms with E-state index in [1.807, 2.05) is 32.2 Å². The number of aromatic nitrogens is 1. The van der Waals surface area contributed by atoms with E-state index in [1.54, 1.807) is 17.0 Å². The Morgan fingerprint density at radius 1 is 1.22 bits per heavy atom. The number of piperidine rings is 1. The van der Waals surface area contributed by atoms with E-state index in [4.69, 9.17) is 4.74 Å². The van der Waals surface area contributed by atoms with Gasteiger partial charge in [-0.2, -0.15) is 13.2 Å². The average Bonchev–Trinajstić information content (AvgIpc) is 2.57. The van der Waals surface area contributed by atoms with Crippen LogP contribution in [0.2, 0.25) is 0 Å². The number of pyridine rings is 1. The predicted molar refractivity (Wildman–Crippen MR) is 91.9 cm³/mol. The highest BCUT2D eigenvalue weighted by Crippen LogP contribution is 2.27. The van der Waals surface area contributed by atoms with Gasteiger partial charge < -0.3 is 15.0 Å². The fourth-order valence-electron chi connectivity index (χ4n) is 2.78. The number of halogens is 3. The molecule has 0 spiro atoms. The van der Waals surface area contributed by atoms with Crippen molar-refractivity contribution in [2.75, 3.05) is 13.1 Å². The lowest BCUT2D eigenvalue weighted by Gasteiger charge is -2.33. The maximum absolute atomic E-state index is 12.3. The van der Waals surface area contributed by atoms with Crippen LogP contribution in [0, 0.1) is 0 Å². The zero-order chi connectivity index (χ0) is 20.2. The van der Waals surface area contributed by atoms with E-state index < -0.39 is 17.7 Å². The molecular formula is C18H24F3N3O3. The topological polar surface area (TPSA) is 71.5 Å². The molecule has 6 nitrogen and oxygen atoms in total. The lowest BCUT2D eigenvalue weighted by atomic mass is 9.93. The minimum Gasteiger partial charge on any atom is -0.444 e. The maximum Gasteiger partial charge on any atom is 0.471 e. The summed E-state index contributed by atoms with van der Waals surface area (Å²) in [7, 11) is 0. The van der Waals surface area contributed by atoms with E-state index in [1.165, 1.54) is 0 Å². The highest BCUT2D eigenvalue weighted by atomic mass is 19.4. The minimum absolute atomic E-state index is 0.0990. The normalized spacial score (nSPS) is 16.1. The van der Waals surface area contributed by atoms with Crippen LogP contribution in [0.5, 0.6) is 0 Å². The molecule has 1 fully saturated rings. The number of carbonyl (C=O) groups is 2. The first-order valence-electron chi connectivity index (χ1n) is 8.74. The Kier molecular flexibility index (Phi) is 6.33. The molecule has 27 heavy (non-hydrogen) atoms. The Morgan fingerprint density at radius 2 is 1.85 bits per heavy atom. The van der Waals surface area contributed by atoms with E-state index in [-0.39, 0.29) is 18.6 Å². The SMILES string of the molecule is CC(C)(C)OC(=O)N1CCC(c2cccc(CNC(=O)C(F)(F)F)n2)CC1. The zero-order valence-electron chi connectivity index (χ0n) is 15.6. The van der Waals surface area contributed by atoms with E-state index in [9.17, 15) is 22.8 Å². The molecule has 0 bridgehead atoms. The van der Waals surface area contributed by atoms with Gasteiger partial charge >= 0.3 is 18.2 Å². The van der Waals surface area contributed by atoms with E-state index in [2.05, 4.69) is 4.98 Å². The number of amides is 2. The summed E-state index contributed by atoms with van der Waals surface area (Å²) in [4.78, 5) is 29.0. The number of hydrogen-bond donors (Lipinski definition) is 1. The lowest BCUT2D eigenvalue weighted by molar-refractivity contribution is -0.173. The summed E-state index contributed by atoms with van der Waals surface area (Å²) in [5.41, 5.74) is 0.558. The second-order valence-corrected chi connectivity index (χ2v) is 7.48. The van der Waals surface area contributed by atoms with Gasteiger partial charge in [0.1, 0.15) is 5.60 Å². The number of likely N-dealkylation sites (tertiary alicyclic amines) is 1. The molecule has 1 aromatic heterocycles. The second-order valence-electron chi connectivity index (χ2n) is 7.48. The number of nitrogens with zero attached hydrogens (tertiary/aromatic N) is 2. The molecule has 0 unspecified atom stereocenters. The summed E-state index contributed by atoms with van der Waals surface area (Å²) in [6, 6.07) is 5.08. The minimum atomic E-state index is -4.91. The van der Waals surface area contributed by atoms with Crippen LogP contribution >= 0.6 is 0 Å². The molecule has 2 rings (SSSR count). The highest BCUT2D eigenvalue weighted by Gasteiger charge is 2.38. The first-order chi connectivity index (χ1) is 12.5. The van der Waals surface area contributed by atoms with Crippen LogP contribution in [-0.2, 0) is 16.1 Å². The van der Waals surface area contributed by atoms with Gasteiger partial charge in [0.05, 0.1) is 12.2 Å². The van der Waals surface area contributed by atoms with Gasteiger partial charge in [0, 0.05) is 24.7 Å². The van der Waals surface area contributed by atoms with Gasteiger partial charge in [-0.1, -0.05) is 6.07 Å². The van der Waals surface area contributed by atoms with Crippen LogP contribution < -0.4 is 5.32 Å². The largest absolute Gasteiger partial charge is 0.471 e. The van der Waals surface area contributed by atoms with Crippen LogP contribution in [0.1, 0.15) is 50.9 Å². The Bertz CT molecular complexity index is 678. The number of alkyl halides is 3. The average molecular weight is 387 g/mol. The summed E-state index contributed by atoms with van der Waals surface area (Å²) in [5.74, 6) is -1.89. The lowest BCUT2D eigenvalue weighted by Crippen LogP contribution is -2.41. The molecule has 150 valence electrons. The van der Waals surface area contributed by atoms with Gasteiger partial charge in [-0.25, -0.2) is 4.79 Å². The molecule has 0 atom stereocenters. The van der Waals surface area contributed by atoms with Crippen LogP contribution in [0.3, 0.4) is 0 Å². The smallest absolute Gasteiger partial charge is 0.444 e. The maximum atomic E-state index is 12.3. The molecule has 2 heterocycles. The van der Waals surface area contributed by atoms with Crippen molar-refractivity contribution in [3.8, 4) is 0 Å². The summed E-state index contributed by atoms with van der Waals surface area (Å²) in [5, 5.41) is 1.82.